The minimum Gasteiger partial charge on any atom is -0.478 e. The Morgan fingerprint density at radius 1 is 0.846 bits per heavy atom. The van der Waals surface area contributed by atoms with E-state index in [4.69, 9.17) is 10.1 Å². The van der Waals surface area contributed by atoms with Crippen LogP contribution in [0.25, 0.3) is 33.1 Å². The lowest BCUT2D eigenvalue weighted by Crippen LogP contribution is -1.95. The summed E-state index contributed by atoms with van der Waals surface area (Å²) in [4.78, 5) is 21.3. The number of carboxylic acid groups (broad SMARTS) is 1. The van der Waals surface area contributed by atoms with E-state index in [9.17, 15) is 4.79 Å². The highest BCUT2D eigenvalue weighted by molar-refractivity contribution is 7.13. The quantitative estimate of drug-likeness (QED) is 0.542. The highest BCUT2D eigenvalue weighted by Gasteiger charge is 2.11. The number of carbonyl (C=O) groups is 1. The summed E-state index contributed by atoms with van der Waals surface area (Å²) in [7, 11) is 0. The third kappa shape index (κ3) is 3.25. The van der Waals surface area contributed by atoms with Gasteiger partial charge in [0.2, 0.25) is 0 Å². The van der Waals surface area contributed by atoms with Gasteiger partial charge in [-0.3, -0.25) is 4.98 Å². The molecule has 0 saturated heterocycles. The van der Waals surface area contributed by atoms with Gasteiger partial charge in [-0.05, 0) is 59.0 Å². The minimum absolute atomic E-state index is 0.270. The molecule has 0 saturated carbocycles. The summed E-state index contributed by atoms with van der Waals surface area (Å²) < 4.78 is 0. The van der Waals surface area contributed by atoms with Crippen molar-refractivity contribution in [1.82, 2.24) is 9.97 Å². The van der Waals surface area contributed by atoms with Crippen LogP contribution in [0.5, 0.6) is 0 Å². The fourth-order valence-electron chi connectivity index (χ4n) is 2.70. The smallest absolute Gasteiger partial charge is 0.335 e. The van der Waals surface area contributed by atoms with E-state index in [0.717, 1.165) is 33.1 Å². The molecule has 0 unspecified atom stereocenters. The van der Waals surface area contributed by atoms with Crippen LogP contribution in [-0.4, -0.2) is 21.0 Å². The molecule has 4 nitrogen and oxygen atoms in total. The highest BCUT2D eigenvalue weighted by Crippen LogP contribution is 2.31. The van der Waals surface area contributed by atoms with E-state index in [1.54, 1.807) is 29.7 Å². The number of carboxylic acids is 1. The van der Waals surface area contributed by atoms with Crippen molar-refractivity contribution in [2.75, 3.05) is 0 Å². The first-order chi connectivity index (χ1) is 12.7. The van der Waals surface area contributed by atoms with Crippen molar-refractivity contribution >= 4 is 17.3 Å². The Morgan fingerprint density at radius 3 is 2.31 bits per heavy atom. The van der Waals surface area contributed by atoms with Crippen molar-refractivity contribution < 1.29 is 9.90 Å². The normalized spacial score (nSPS) is 10.6. The number of nitrogens with zero attached hydrogens (tertiary/aromatic N) is 2. The zero-order valence-corrected chi connectivity index (χ0v) is 14.5. The van der Waals surface area contributed by atoms with Crippen LogP contribution >= 0.6 is 11.3 Å². The van der Waals surface area contributed by atoms with Crippen LogP contribution in [0, 0.1) is 0 Å². The summed E-state index contributed by atoms with van der Waals surface area (Å²) in [6, 6.07) is 20.6. The van der Waals surface area contributed by atoms with Crippen molar-refractivity contribution in [3.63, 3.8) is 0 Å². The summed E-state index contributed by atoms with van der Waals surface area (Å²) in [5, 5.41) is 11.1. The van der Waals surface area contributed by atoms with Gasteiger partial charge in [-0.1, -0.05) is 24.3 Å². The van der Waals surface area contributed by atoms with Crippen molar-refractivity contribution in [1.29, 1.82) is 0 Å². The predicted octanol–water partition coefficient (Wildman–Crippen LogP) is 5.24. The molecule has 0 aliphatic heterocycles. The second kappa shape index (κ2) is 6.90. The molecule has 3 heterocycles. The van der Waals surface area contributed by atoms with Gasteiger partial charge in [0.25, 0.3) is 0 Å². The fraction of sp³-hybridized carbons (Fsp3) is 0. The maximum atomic E-state index is 11.1. The Balaban J connectivity index is 1.86. The first-order valence-corrected chi connectivity index (χ1v) is 8.90. The van der Waals surface area contributed by atoms with Crippen LogP contribution in [0.15, 0.2) is 78.3 Å². The second-order valence-electron chi connectivity index (χ2n) is 5.70. The third-order valence-corrected chi connectivity index (χ3v) is 4.88. The molecule has 1 N–H and O–H groups in total. The number of hydrogen-bond donors (Lipinski definition) is 1. The lowest BCUT2D eigenvalue weighted by atomic mass is 10.0. The number of rotatable bonds is 4. The monoisotopic (exact) mass is 358 g/mol. The van der Waals surface area contributed by atoms with E-state index in [1.807, 2.05) is 60.0 Å². The summed E-state index contributed by atoms with van der Waals surface area (Å²) in [6.45, 7) is 0. The Labute approximate surface area is 154 Å². The molecule has 4 rings (SSSR count). The van der Waals surface area contributed by atoms with Crippen molar-refractivity contribution in [2.45, 2.75) is 0 Å². The van der Waals surface area contributed by atoms with Crippen LogP contribution in [0.2, 0.25) is 0 Å². The summed E-state index contributed by atoms with van der Waals surface area (Å²) in [5.74, 6) is -0.931. The summed E-state index contributed by atoms with van der Waals surface area (Å²) in [6.07, 6.45) is 1.75. The average molecular weight is 358 g/mol. The number of aromatic nitrogens is 2. The van der Waals surface area contributed by atoms with Gasteiger partial charge in [-0.15, -0.1) is 11.3 Å². The van der Waals surface area contributed by atoms with Gasteiger partial charge in [0.05, 0.1) is 27.5 Å². The molecule has 4 aromatic rings. The summed E-state index contributed by atoms with van der Waals surface area (Å²) in [5.41, 5.74) is 4.64. The molecule has 0 aliphatic rings. The Bertz CT molecular complexity index is 1040. The van der Waals surface area contributed by atoms with Gasteiger partial charge in [0.1, 0.15) is 0 Å². The van der Waals surface area contributed by atoms with Gasteiger partial charge in [-0.25, -0.2) is 9.78 Å². The molecule has 0 radical (unpaired) electrons. The molecular weight excluding hydrogens is 344 g/mol. The van der Waals surface area contributed by atoms with E-state index in [-0.39, 0.29) is 5.56 Å². The summed E-state index contributed by atoms with van der Waals surface area (Å²) >= 11 is 1.63. The van der Waals surface area contributed by atoms with Gasteiger partial charge in [0.15, 0.2) is 0 Å². The number of hydrogen-bond acceptors (Lipinski definition) is 4. The third-order valence-electron chi connectivity index (χ3n) is 3.99. The van der Waals surface area contributed by atoms with Crippen LogP contribution in [-0.2, 0) is 0 Å². The minimum atomic E-state index is -0.931. The van der Waals surface area contributed by atoms with Gasteiger partial charge >= 0.3 is 5.97 Å². The maximum absolute atomic E-state index is 11.1. The highest BCUT2D eigenvalue weighted by atomic mass is 32.1. The van der Waals surface area contributed by atoms with E-state index in [2.05, 4.69) is 4.98 Å². The lowest BCUT2D eigenvalue weighted by Gasteiger charge is -2.09. The van der Waals surface area contributed by atoms with Crippen molar-refractivity contribution in [3.8, 4) is 33.1 Å². The molecule has 0 bridgehead atoms. The molecular formula is C21H14N2O2S. The molecule has 1 aromatic carbocycles. The number of thiophene rings is 1. The molecule has 0 spiro atoms. The molecule has 0 aliphatic carbocycles. The first kappa shape index (κ1) is 16.2. The average Bonchev–Trinajstić information content (AvgIpc) is 3.23. The standard InChI is InChI=1S/C21H14N2O2S/c24-21(25)15-8-6-14(7-9-15)16-12-18(17-4-1-2-10-22-17)23-19(13-16)20-5-3-11-26-20/h1-13H,(H,24,25). The van der Waals surface area contributed by atoms with E-state index >= 15 is 0 Å². The van der Waals surface area contributed by atoms with Crippen LogP contribution in [0.1, 0.15) is 10.4 Å². The largest absolute Gasteiger partial charge is 0.478 e. The second-order valence-corrected chi connectivity index (χ2v) is 6.65. The number of pyridine rings is 2. The first-order valence-electron chi connectivity index (χ1n) is 8.02. The zero-order chi connectivity index (χ0) is 17.9. The molecule has 0 amide bonds. The molecule has 3 aromatic heterocycles. The molecule has 126 valence electrons. The van der Waals surface area contributed by atoms with E-state index in [1.165, 1.54) is 0 Å². The topological polar surface area (TPSA) is 63.1 Å². The van der Waals surface area contributed by atoms with Gasteiger partial charge in [0, 0.05) is 6.20 Å². The van der Waals surface area contributed by atoms with Crippen LogP contribution < -0.4 is 0 Å². The molecule has 0 atom stereocenters. The molecule has 5 heteroatoms. The van der Waals surface area contributed by atoms with Gasteiger partial charge < -0.3 is 5.11 Å². The SMILES string of the molecule is O=C(O)c1ccc(-c2cc(-c3ccccn3)nc(-c3cccs3)c2)cc1. The lowest BCUT2D eigenvalue weighted by molar-refractivity contribution is 0.0697. The maximum Gasteiger partial charge on any atom is 0.335 e. The Kier molecular flexibility index (Phi) is 4.29. The van der Waals surface area contributed by atoms with Gasteiger partial charge in [-0.2, -0.15) is 0 Å². The molecule has 26 heavy (non-hydrogen) atoms. The van der Waals surface area contributed by atoms with E-state index < -0.39 is 5.97 Å². The predicted molar refractivity (Wildman–Crippen MR) is 103 cm³/mol. The number of aromatic carboxylic acids is 1. The number of benzene rings is 1. The fourth-order valence-corrected chi connectivity index (χ4v) is 3.38. The van der Waals surface area contributed by atoms with E-state index in [0.29, 0.717) is 0 Å². The Morgan fingerprint density at radius 2 is 1.65 bits per heavy atom. The van der Waals surface area contributed by atoms with Crippen molar-refractivity contribution in [2.24, 2.45) is 0 Å². The van der Waals surface area contributed by atoms with Crippen LogP contribution in [0.3, 0.4) is 0 Å². The van der Waals surface area contributed by atoms with Crippen LogP contribution in [0.4, 0.5) is 0 Å². The molecule has 0 fully saturated rings. The Hall–Kier alpha value is -3.31. The zero-order valence-electron chi connectivity index (χ0n) is 13.7. The van der Waals surface area contributed by atoms with Crippen molar-refractivity contribution in [3.05, 3.63) is 83.9 Å².